The minimum absolute atomic E-state index is 0.0829. The van der Waals surface area contributed by atoms with Crippen molar-refractivity contribution in [2.24, 2.45) is 5.10 Å². The van der Waals surface area contributed by atoms with E-state index in [0.29, 0.717) is 0 Å². The normalized spacial score (nSPS) is 19.9. The summed E-state index contributed by atoms with van der Waals surface area (Å²) in [6, 6.07) is 2.55. The fraction of sp³-hybridized carbons (Fsp3) is 0.250. The minimum atomic E-state index is -1.19. The predicted molar refractivity (Wildman–Crippen MR) is 53.8 cm³/mol. The third kappa shape index (κ3) is 2.39. The van der Waals surface area contributed by atoms with Crippen LogP contribution in [0.5, 0.6) is 0 Å². The van der Waals surface area contributed by atoms with Gasteiger partial charge in [-0.25, -0.2) is 5.01 Å². The minimum Gasteiger partial charge on any atom is -0.400 e. The Morgan fingerprint density at radius 1 is 1.71 bits per heavy atom. The maximum atomic E-state index is 10.9. The van der Waals surface area contributed by atoms with Gasteiger partial charge in [-0.05, 0) is 6.07 Å². The number of furan rings is 1. The summed E-state index contributed by atoms with van der Waals surface area (Å²) in [6.45, 7) is -0.0829. The second kappa shape index (κ2) is 4.22. The lowest BCUT2D eigenvalue weighted by atomic mass is 10.5. The van der Waals surface area contributed by atoms with Gasteiger partial charge >= 0.3 is 5.88 Å². The molecule has 1 atom stereocenters. The zero-order valence-corrected chi connectivity index (χ0v) is 8.44. The first-order chi connectivity index (χ1) is 8.06. The third-order valence-electron chi connectivity index (χ3n) is 2.00. The van der Waals surface area contributed by atoms with Gasteiger partial charge in [0.25, 0.3) is 0 Å². The SMILES string of the molecule is O=C1CN(/N=C/c2ccc([N+](=O)[O-])o2)C(O)N1. The van der Waals surface area contributed by atoms with E-state index in [1.807, 2.05) is 0 Å². The number of carbonyl (C=O) groups excluding carboxylic acids is 1. The van der Waals surface area contributed by atoms with E-state index in [1.165, 1.54) is 18.3 Å². The fourth-order valence-corrected chi connectivity index (χ4v) is 1.24. The largest absolute Gasteiger partial charge is 0.433 e. The van der Waals surface area contributed by atoms with Crippen LogP contribution in [-0.2, 0) is 4.79 Å². The van der Waals surface area contributed by atoms with Gasteiger partial charge < -0.3 is 14.8 Å². The van der Waals surface area contributed by atoms with E-state index in [-0.39, 0.29) is 18.2 Å². The molecule has 0 aliphatic carbocycles. The van der Waals surface area contributed by atoms with Crippen LogP contribution in [0.2, 0.25) is 0 Å². The van der Waals surface area contributed by atoms with E-state index in [0.717, 1.165) is 5.01 Å². The summed E-state index contributed by atoms with van der Waals surface area (Å²) in [5.41, 5.74) is 0. The number of amides is 1. The number of aliphatic hydroxyl groups excluding tert-OH is 1. The monoisotopic (exact) mass is 240 g/mol. The van der Waals surface area contributed by atoms with Crippen LogP contribution in [0.4, 0.5) is 5.88 Å². The first kappa shape index (κ1) is 11.1. The third-order valence-corrected chi connectivity index (χ3v) is 2.00. The molecule has 2 heterocycles. The lowest BCUT2D eigenvalue weighted by Gasteiger charge is -2.12. The predicted octanol–water partition coefficient (Wildman–Crippen LogP) is -0.771. The lowest BCUT2D eigenvalue weighted by Crippen LogP contribution is -2.32. The van der Waals surface area contributed by atoms with Gasteiger partial charge in [0.1, 0.15) is 11.5 Å². The molecule has 1 fully saturated rings. The van der Waals surface area contributed by atoms with Crippen molar-refractivity contribution in [2.45, 2.75) is 6.35 Å². The maximum Gasteiger partial charge on any atom is 0.433 e. The summed E-state index contributed by atoms with van der Waals surface area (Å²) >= 11 is 0. The topological polar surface area (TPSA) is 121 Å². The summed E-state index contributed by atoms with van der Waals surface area (Å²) < 4.78 is 4.80. The Bertz CT molecular complexity index is 482. The molecule has 1 unspecified atom stereocenters. The van der Waals surface area contributed by atoms with Gasteiger partial charge in [-0.2, -0.15) is 5.10 Å². The molecule has 0 bridgehead atoms. The Morgan fingerprint density at radius 2 is 2.47 bits per heavy atom. The number of hydrazone groups is 1. The van der Waals surface area contributed by atoms with E-state index in [4.69, 9.17) is 4.42 Å². The Kier molecular flexibility index (Phi) is 2.75. The second-order valence-corrected chi connectivity index (χ2v) is 3.22. The molecule has 9 heteroatoms. The molecule has 1 aromatic heterocycles. The Balaban J connectivity index is 2.04. The number of nitrogens with zero attached hydrogens (tertiary/aromatic N) is 3. The van der Waals surface area contributed by atoms with Crippen LogP contribution in [0, 0.1) is 10.1 Å². The van der Waals surface area contributed by atoms with Crippen LogP contribution >= 0.6 is 0 Å². The Hall–Kier alpha value is -2.42. The first-order valence-electron chi connectivity index (χ1n) is 4.58. The Morgan fingerprint density at radius 3 is 3.00 bits per heavy atom. The molecule has 2 N–H and O–H groups in total. The molecule has 0 aromatic carbocycles. The van der Waals surface area contributed by atoms with Gasteiger partial charge in [0.2, 0.25) is 12.3 Å². The van der Waals surface area contributed by atoms with Crippen LogP contribution in [0.1, 0.15) is 5.76 Å². The average Bonchev–Trinajstić information content (AvgIpc) is 2.82. The molecule has 1 aliphatic heterocycles. The lowest BCUT2D eigenvalue weighted by molar-refractivity contribution is -0.402. The van der Waals surface area contributed by atoms with Gasteiger partial charge in [0.15, 0.2) is 5.76 Å². The molecule has 1 amide bonds. The van der Waals surface area contributed by atoms with E-state index in [9.17, 15) is 20.0 Å². The van der Waals surface area contributed by atoms with Gasteiger partial charge in [-0.15, -0.1) is 0 Å². The molecule has 9 nitrogen and oxygen atoms in total. The highest BCUT2D eigenvalue weighted by molar-refractivity contribution is 5.81. The molecule has 1 aliphatic rings. The molecule has 1 aromatic rings. The van der Waals surface area contributed by atoms with Gasteiger partial charge in [0, 0.05) is 0 Å². The number of nitro groups is 1. The molecule has 0 saturated carbocycles. The standard InChI is InChI=1S/C8H8N4O5/c13-6-4-11(8(14)10-6)9-3-5-1-2-7(17-5)12(15)16/h1-3,8,14H,4H2,(H,10,13)/b9-3+. The van der Waals surface area contributed by atoms with Crippen LogP contribution in [0.3, 0.4) is 0 Å². The maximum absolute atomic E-state index is 10.9. The van der Waals surface area contributed by atoms with Crippen molar-refractivity contribution in [3.05, 3.63) is 28.0 Å². The number of carbonyl (C=O) groups is 1. The van der Waals surface area contributed by atoms with Crippen LogP contribution in [0.25, 0.3) is 0 Å². The van der Waals surface area contributed by atoms with Crippen molar-refractivity contribution in [3.8, 4) is 0 Å². The molecule has 17 heavy (non-hydrogen) atoms. The molecular weight excluding hydrogens is 232 g/mol. The molecule has 0 radical (unpaired) electrons. The van der Waals surface area contributed by atoms with Crippen molar-refractivity contribution in [1.82, 2.24) is 10.3 Å². The highest BCUT2D eigenvalue weighted by Gasteiger charge is 2.26. The van der Waals surface area contributed by atoms with Crippen molar-refractivity contribution >= 4 is 18.0 Å². The summed E-state index contributed by atoms with van der Waals surface area (Å²) in [5.74, 6) is -0.606. The zero-order chi connectivity index (χ0) is 12.4. The van der Waals surface area contributed by atoms with Gasteiger partial charge in [-0.3, -0.25) is 14.9 Å². The Labute approximate surface area is 94.5 Å². The average molecular weight is 240 g/mol. The van der Waals surface area contributed by atoms with Crippen molar-refractivity contribution in [2.75, 3.05) is 6.54 Å². The number of rotatable bonds is 3. The summed E-state index contributed by atoms with van der Waals surface area (Å²) in [4.78, 5) is 20.5. The van der Waals surface area contributed by atoms with E-state index in [1.54, 1.807) is 0 Å². The molecule has 2 rings (SSSR count). The van der Waals surface area contributed by atoms with E-state index >= 15 is 0 Å². The number of aliphatic hydroxyl groups is 1. The molecule has 0 spiro atoms. The van der Waals surface area contributed by atoms with Crippen LogP contribution in [0.15, 0.2) is 21.7 Å². The highest BCUT2D eigenvalue weighted by Crippen LogP contribution is 2.14. The zero-order valence-electron chi connectivity index (χ0n) is 8.44. The highest BCUT2D eigenvalue weighted by atomic mass is 16.6. The summed E-state index contributed by atoms with van der Waals surface area (Å²) in [6.07, 6.45) is -0.0139. The van der Waals surface area contributed by atoms with Crippen molar-refractivity contribution in [3.63, 3.8) is 0 Å². The number of hydrogen-bond donors (Lipinski definition) is 2. The molecular formula is C8H8N4O5. The van der Waals surface area contributed by atoms with Crippen molar-refractivity contribution < 1.29 is 19.2 Å². The van der Waals surface area contributed by atoms with Crippen LogP contribution in [-0.4, -0.2) is 40.1 Å². The van der Waals surface area contributed by atoms with Crippen LogP contribution < -0.4 is 5.32 Å². The smallest absolute Gasteiger partial charge is 0.400 e. The number of hydrogen-bond acceptors (Lipinski definition) is 7. The second-order valence-electron chi connectivity index (χ2n) is 3.22. The van der Waals surface area contributed by atoms with E-state index < -0.39 is 17.2 Å². The van der Waals surface area contributed by atoms with Crippen molar-refractivity contribution in [1.29, 1.82) is 0 Å². The molecule has 1 saturated heterocycles. The quantitative estimate of drug-likeness (QED) is 0.406. The molecule has 90 valence electrons. The first-order valence-corrected chi connectivity index (χ1v) is 4.58. The van der Waals surface area contributed by atoms with E-state index in [2.05, 4.69) is 10.4 Å². The fourth-order valence-electron chi connectivity index (χ4n) is 1.24. The van der Waals surface area contributed by atoms with Gasteiger partial charge in [-0.1, -0.05) is 0 Å². The summed E-state index contributed by atoms with van der Waals surface area (Å²) in [7, 11) is 0. The van der Waals surface area contributed by atoms with Gasteiger partial charge in [0.05, 0.1) is 12.3 Å². The number of nitrogens with one attached hydrogen (secondary N) is 1. The summed E-state index contributed by atoms with van der Waals surface area (Å²) in [5, 5.41) is 26.7.